The number of carboxylic acid groups (broad SMARTS) is 1. The van der Waals surface area contributed by atoms with Crippen molar-refractivity contribution in [2.45, 2.75) is 25.8 Å². The molecule has 1 saturated heterocycles. The van der Waals surface area contributed by atoms with E-state index in [1.54, 1.807) is 6.07 Å². The molecule has 88 valence electrons. The van der Waals surface area contributed by atoms with Gasteiger partial charge in [0.05, 0.1) is 0 Å². The molecule has 1 unspecified atom stereocenters. The van der Waals surface area contributed by atoms with E-state index < -0.39 is 5.97 Å². The minimum Gasteiger partial charge on any atom is -0.476 e. The third kappa shape index (κ3) is 1.95. The number of aromatic nitrogens is 2. The number of nitrogens with zero attached hydrogens (tertiary/aromatic N) is 3. The molecular weight excluding hydrogens is 206 g/mol. The standard InChI is InChI=1S/C11H17N3O2/c1-3-14-10(6-9(12-14)11(15)16)8-4-5-13(2)7-8/h6,8H,3-5,7H2,1-2H3,(H,15,16). The molecule has 1 aliphatic heterocycles. The first-order valence-electron chi connectivity index (χ1n) is 5.61. The molecule has 0 amide bonds. The summed E-state index contributed by atoms with van der Waals surface area (Å²) in [5, 5.41) is 13.0. The van der Waals surface area contributed by atoms with Crippen LogP contribution in [0.5, 0.6) is 0 Å². The minimum absolute atomic E-state index is 0.159. The van der Waals surface area contributed by atoms with Crippen LogP contribution in [0.2, 0.25) is 0 Å². The molecule has 1 atom stereocenters. The first-order valence-corrected chi connectivity index (χ1v) is 5.61. The summed E-state index contributed by atoms with van der Waals surface area (Å²) < 4.78 is 1.81. The van der Waals surface area contributed by atoms with Crippen molar-refractivity contribution in [2.75, 3.05) is 20.1 Å². The number of carboxylic acids is 1. The molecule has 0 aliphatic carbocycles. The lowest BCUT2D eigenvalue weighted by atomic mass is 10.0. The Morgan fingerprint density at radius 3 is 2.94 bits per heavy atom. The molecular formula is C11H17N3O2. The average Bonchev–Trinajstić information content (AvgIpc) is 2.82. The summed E-state index contributed by atoms with van der Waals surface area (Å²) in [7, 11) is 2.09. The molecule has 1 aromatic heterocycles. The van der Waals surface area contributed by atoms with Crippen molar-refractivity contribution in [3.63, 3.8) is 0 Å². The molecule has 1 aromatic rings. The van der Waals surface area contributed by atoms with Crippen LogP contribution in [0.15, 0.2) is 6.07 Å². The zero-order chi connectivity index (χ0) is 11.7. The summed E-state index contributed by atoms with van der Waals surface area (Å²) in [6.45, 7) is 4.77. The molecule has 5 nitrogen and oxygen atoms in total. The highest BCUT2D eigenvalue weighted by molar-refractivity contribution is 5.85. The van der Waals surface area contributed by atoms with Gasteiger partial charge in [0.2, 0.25) is 0 Å². The van der Waals surface area contributed by atoms with Gasteiger partial charge < -0.3 is 10.0 Å². The van der Waals surface area contributed by atoms with Crippen LogP contribution in [-0.4, -0.2) is 45.9 Å². The van der Waals surface area contributed by atoms with Crippen molar-refractivity contribution in [2.24, 2.45) is 0 Å². The van der Waals surface area contributed by atoms with E-state index in [1.165, 1.54) is 0 Å². The number of hydrogen-bond acceptors (Lipinski definition) is 3. The van der Waals surface area contributed by atoms with E-state index in [0.717, 1.165) is 31.7 Å². The van der Waals surface area contributed by atoms with Gasteiger partial charge >= 0.3 is 5.97 Å². The van der Waals surface area contributed by atoms with E-state index in [2.05, 4.69) is 17.0 Å². The predicted octanol–water partition coefficient (Wildman–Crippen LogP) is 1.02. The van der Waals surface area contributed by atoms with Crippen LogP contribution in [0.3, 0.4) is 0 Å². The summed E-state index contributed by atoms with van der Waals surface area (Å²) in [5.74, 6) is -0.523. The van der Waals surface area contributed by atoms with Gasteiger partial charge in [0.1, 0.15) is 0 Å². The Morgan fingerprint density at radius 1 is 1.69 bits per heavy atom. The normalized spacial score (nSPS) is 21.5. The maximum Gasteiger partial charge on any atom is 0.356 e. The van der Waals surface area contributed by atoms with Gasteiger partial charge in [0.25, 0.3) is 0 Å². The van der Waals surface area contributed by atoms with Gasteiger partial charge in [-0.2, -0.15) is 5.10 Å². The maximum absolute atomic E-state index is 10.9. The molecule has 0 aromatic carbocycles. The fraction of sp³-hybridized carbons (Fsp3) is 0.636. The molecule has 0 spiro atoms. The van der Waals surface area contributed by atoms with Gasteiger partial charge in [-0.15, -0.1) is 0 Å². The Morgan fingerprint density at radius 2 is 2.44 bits per heavy atom. The average molecular weight is 223 g/mol. The number of carbonyl (C=O) groups is 1. The van der Waals surface area contributed by atoms with Gasteiger partial charge in [-0.1, -0.05) is 0 Å². The number of hydrogen-bond donors (Lipinski definition) is 1. The topological polar surface area (TPSA) is 58.4 Å². The Labute approximate surface area is 94.7 Å². The molecule has 1 aliphatic rings. The van der Waals surface area contributed by atoms with Crippen LogP contribution in [0.4, 0.5) is 0 Å². The van der Waals surface area contributed by atoms with Crippen LogP contribution in [0.1, 0.15) is 35.4 Å². The van der Waals surface area contributed by atoms with Gasteiger partial charge in [0, 0.05) is 24.7 Å². The van der Waals surface area contributed by atoms with Crippen molar-refractivity contribution < 1.29 is 9.90 Å². The lowest BCUT2D eigenvalue weighted by Gasteiger charge is -2.11. The Kier molecular flexibility index (Phi) is 2.96. The van der Waals surface area contributed by atoms with Crippen molar-refractivity contribution in [3.05, 3.63) is 17.5 Å². The highest BCUT2D eigenvalue weighted by Gasteiger charge is 2.25. The first-order chi connectivity index (χ1) is 7.61. The molecule has 1 fully saturated rings. The van der Waals surface area contributed by atoms with Gasteiger partial charge in [-0.25, -0.2) is 4.79 Å². The smallest absolute Gasteiger partial charge is 0.356 e. The van der Waals surface area contributed by atoms with E-state index in [1.807, 2.05) is 11.6 Å². The van der Waals surface area contributed by atoms with Crippen LogP contribution in [0.25, 0.3) is 0 Å². The Bertz CT molecular complexity index is 400. The van der Waals surface area contributed by atoms with E-state index >= 15 is 0 Å². The van der Waals surface area contributed by atoms with Gasteiger partial charge in [-0.3, -0.25) is 4.68 Å². The largest absolute Gasteiger partial charge is 0.476 e. The molecule has 2 rings (SSSR count). The fourth-order valence-electron chi connectivity index (χ4n) is 2.29. The zero-order valence-corrected chi connectivity index (χ0v) is 9.68. The second-order valence-corrected chi connectivity index (χ2v) is 4.32. The summed E-state index contributed by atoms with van der Waals surface area (Å²) in [5.41, 5.74) is 1.22. The van der Waals surface area contributed by atoms with Crippen LogP contribution >= 0.6 is 0 Å². The second-order valence-electron chi connectivity index (χ2n) is 4.32. The van der Waals surface area contributed by atoms with Crippen LogP contribution in [-0.2, 0) is 6.54 Å². The SMILES string of the molecule is CCn1nc(C(=O)O)cc1C1CCN(C)C1. The van der Waals surface area contributed by atoms with E-state index in [-0.39, 0.29) is 5.69 Å². The van der Waals surface area contributed by atoms with Gasteiger partial charge in [-0.05, 0) is 33.0 Å². The molecule has 16 heavy (non-hydrogen) atoms. The third-order valence-electron chi connectivity index (χ3n) is 3.14. The summed E-state index contributed by atoms with van der Waals surface area (Å²) >= 11 is 0. The second kappa shape index (κ2) is 4.25. The van der Waals surface area contributed by atoms with Crippen LogP contribution < -0.4 is 0 Å². The lowest BCUT2D eigenvalue weighted by Crippen LogP contribution is -2.15. The number of likely N-dealkylation sites (N-methyl/N-ethyl adjacent to an activating group) is 1. The first kappa shape index (κ1) is 11.1. The molecule has 0 radical (unpaired) electrons. The third-order valence-corrected chi connectivity index (χ3v) is 3.14. The molecule has 0 bridgehead atoms. The number of likely N-dealkylation sites (tertiary alicyclic amines) is 1. The quantitative estimate of drug-likeness (QED) is 0.831. The van der Waals surface area contributed by atoms with E-state index in [0.29, 0.717) is 5.92 Å². The number of aryl methyl sites for hydroxylation is 1. The Balaban J connectivity index is 2.28. The van der Waals surface area contributed by atoms with Crippen molar-refractivity contribution in [3.8, 4) is 0 Å². The maximum atomic E-state index is 10.9. The summed E-state index contributed by atoms with van der Waals surface area (Å²) in [4.78, 5) is 13.1. The molecule has 0 saturated carbocycles. The summed E-state index contributed by atoms with van der Waals surface area (Å²) in [6.07, 6.45) is 1.08. The molecule has 5 heteroatoms. The van der Waals surface area contributed by atoms with Crippen molar-refractivity contribution in [1.82, 2.24) is 14.7 Å². The monoisotopic (exact) mass is 223 g/mol. The van der Waals surface area contributed by atoms with Gasteiger partial charge in [0.15, 0.2) is 5.69 Å². The molecule has 1 N–H and O–H groups in total. The van der Waals surface area contributed by atoms with E-state index in [4.69, 9.17) is 5.11 Å². The highest BCUT2D eigenvalue weighted by Crippen LogP contribution is 2.26. The predicted molar refractivity (Wildman–Crippen MR) is 59.7 cm³/mol. The van der Waals surface area contributed by atoms with E-state index in [9.17, 15) is 4.79 Å². The zero-order valence-electron chi connectivity index (χ0n) is 9.68. The fourth-order valence-corrected chi connectivity index (χ4v) is 2.29. The summed E-state index contributed by atoms with van der Waals surface area (Å²) in [6, 6.07) is 1.72. The number of rotatable bonds is 3. The number of aromatic carboxylic acids is 1. The highest BCUT2D eigenvalue weighted by atomic mass is 16.4. The van der Waals surface area contributed by atoms with Crippen LogP contribution in [0, 0.1) is 0 Å². The molecule has 2 heterocycles. The lowest BCUT2D eigenvalue weighted by molar-refractivity contribution is 0.0689. The minimum atomic E-state index is -0.945. The van der Waals surface area contributed by atoms with Crippen molar-refractivity contribution in [1.29, 1.82) is 0 Å². The van der Waals surface area contributed by atoms with Crippen molar-refractivity contribution >= 4 is 5.97 Å². The Hall–Kier alpha value is -1.36.